The molecule has 0 aromatic heterocycles. The lowest BCUT2D eigenvalue weighted by Crippen LogP contribution is -2.32. The van der Waals surface area contributed by atoms with E-state index in [9.17, 15) is 14.4 Å². The second-order valence-corrected chi connectivity index (χ2v) is 8.50. The van der Waals surface area contributed by atoms with E-state index in [0.29, 0.717) is 16.4 Å². The molecule has 0 bridgehead atoms. The number of imide groups is 1. The van der Waals surface area contributed by atoms with Crippen LogP contribution in [0, 0.1) is 0 Å². The number of hydrogen-bond donors (Lipinski definition) is 2. The van der Waals surface area contributed by atoms with Crippen molar-refractivity contribution in [2.75, 3.05) is 15.5 Å². The maximum atomic E-state index is 12.9. The van der Waals surface area contributed by atoms with Crippen LogP contribution >= 0.6 is 46.4 Å². The third-order valence-electron chi connectivity index (χ3n) is 4.69. The zero-order chi connectivity index (χ0) is 23.7. The number of benzene rings is 3. The molecule has 0 saturated carbocycles. The maximum absolute atomic E-state index is 12.9. The summed E-state index contributed by atoms with van der Waals surface area (Å²) < 4.78 is 0. The van der Waals surface area contributed by atoms with Crippen LogP contribution in [0.3, 0.4) is 0 Å². The lowest BCUT2D eigenvalue weighted by Gasteiger charge is -2.16. The fourth-order valence-corrected chi connectivity index (χ4v) is 4.02. The Balaban J connectivity index is 1.56. The molecule has 0 fully saturated rings. The van der Waals surface area contributed by atoms with E-state index >= 15 is 0 Å². The first-order valence-electron chi connectivity index (χ1n) is 9.43. The van der Waals surface area contributed by atoms with Crippen molar-refractivity contribution in [1.82, 2.24) is 0 Å². The number of nitrogens with one attached hydrogen (secondary N) is 2. The van der Waals surface area contributed by atoms with E-state index in [0.717, 1.165) is 4.90 Å². The minimum Gasteiger partial charge on any atom is -0.350 e. The van der Waals surface area contributed by atoms with E-state index in [1.165, 1.54) is 18.2 Å². The van der Waals surface area contributed by atoms with Crippen molar-refractivity contribution < 1.29 is 14.4 Å². The van der Waals surface area contributed by atoms with Gasteiger partial charge in [0.25, 0.3) is 17.7 Å². The predicted octanol–water partition coefficient (Wildman–Crippen LogP) is 6.33. The number of rotatable bonds is 5. The number of halogens is 4. The number of anilines is 3. The van der Waals surface area contributed by atoms with Gasteiger partial charge in [-0.2, -0.15) is 0 Å². The van der Waals surface area contributed by atoms with Crippen LogP contribution < -0.4 is 15.5 Å². The van der Waals surface area contributed by atoms with Crippen LogP contribution in [0.1, 0.15) is 10.4 Å². The van der Waals surface area contributed by atoms with Gasteiger partial charge in [-0.3, -0.25) is 14.4 Å². The summed E-state index contributed by atoms with van der Waals surface area (Å²) in [6.07, 6.45) is 0. The molecule has 166 valence electrons. The van der Waals surface area contributed by atoms with E-state index in [2.05, 4.69) is 10.6 Å². The number of carbonyl (C=O) groups excluding carboxylic acids is 3. The molecule has 3 aromatic rings. The summed E-state index contributed by atoms with van der Waals surface area (Å²) in [6.45, 7) is 0. The van der Waals surface area contributed by atoms with Gasteiger partial charge in [0.1, 0.15) is 10.7 Å². The fourth-order valence-electron chi connectivity index (χ4n) is 3.13. The Morgan fingerprint density at radius 1 is 0.788 bits per heavy atom. The monoisotopic (exact) mass is 519 g/mol. The molecule has 3 amide bonds. The van der Waals surface area contributed by atoms with Crippen LogP contribution in [0.2, 0.25) is 15.1 Å². The molecule has 1 aliphatic heterocycles. The third-order valence-corrected chi connectivity index (χ3v) is 5.91. The average Bonchev–Trinajstić information content (AvgIpc) is 2.99. The Kier molecular flexibility index (Phi) is 6.63. The molecule has 10 heteroatoms. The second kappa shape index (κ2) is 9.45. The highest BCUT2D eigenvalue weighted by molar-refractivity contribution is 6.53. The van der Waals surface area contributed by atoms with Crippen LogP contribution in [0.4, 0.5) is 17.1 Å². The Bertz CT molecular complexity index is 1340. The van der Waals surface area contributed by atoms with Gasteiger partial charge in [-0.25, -0.2) is 4.90 Å². The van der Waals surface area contributed by atoms with Gasteiger partial charge < -0.3 is 10.6 Å². The van der Waals surface area contributed by atoms with Crippen molar-refractivity contribution >= 4 is 81.2 Å². The summed E-state index contributed by atoms with van der Waals surface area (Å²) in [5.74, 6) is -1.81. The number of carbonyl (C=O) groups is 3. The Morgan fingerprint density at radius 3 is 2.27 bits per heavy atom. The van der Waals surface area contributed by atoms with Gasteiger partial charge in [-0.1, -0.05) is 64.6 Å². The van der Waals surface area contributed by atoms with Crippen molar-refractivity contribution in [2.45, 2.75) is 0 Å². The fraction of sp³-hybridized carbons (Fsp3) is 0. The van der Waals surface area contributed by atoms with E-state index in [-0.39, 0.29) is 32.0 Å². The van der Waals surface area contributed by atoms with Crippen LogP contribution in [0.25, 0.3) is 0 Å². The maximum Gasteiger partial charge on any atom is 0.283 e. The lowest BCUT2D eigenvalue weighted by molar-refractivity contribution is -0.120. The first kappa shape index (κ1) is 23.1. The first-order chi connectivity index (χ1) is 15.8. The number of nitrogens with zero attached hydrogens (tertiary/aromatic N) is 1. The first-order valence-corrected chi connectivity index (χ1v) is 10.9. The molecule has 1 heterocycles. The molecule has 4 rings (SSSR count). The van der Waals surface area contributed by atoms with Gasteiger partial charge in [-0.05, 0) is 48.5 Å². The Morgan fingerprint density at radius 2 is 1.55 bits per heavy atom. The molecule has 0 radical (unpaired) electrons. The van der Waals surface area contributed by atoms with Gasteiger partial charge in [0.15, 0.2) is 0 Å². The van der Waals surface area contributed by atoms with E-state index in [1.54, 1.807) is 48.5 Å². The van der Waals surface area contributed by atoms with Gasteiger partial charge in [-0.15, -0.1) is 0 Å². The molecule has 2 N–H and O–H groups in total. The highest BCUT2D eigenvalue weighted by Gasteiger charge is 2.39. The highest BCUT2D eigenvalue weighted by Crippen LogP contribution is 2.34. The predicted molar refractivity (Wildman–Crippen MR) is 131 cm³/mol. The Hall–Kier alpha value is -3.03. The van der Waals surface area contributed by atoms with Crippen molar-refractivity contribution in [3.63, 3.8) is 0 Å². The summed E-state index contributed by atoms with van der Waals surface area (Å²) in [5.41, 5.74) is 1.14. The molecule has 0 atom stereocenters. The standard InChI is InChI=1S/C23H13Cl4N3O3/c24-13-8-9-17(16(26)11-13)29-21(31)12-4-3-5-14(10-12)28-20-19(27)22(32)30(23(20)33)18-7-2-1-6-15(18)25/h1-11,28H,(H,29,31). The quantitative estimate of drug-likeness (QED) is 0.385. The molecule has 0 unspecified atom stereocenters. The normalized spacial score (nSPS) is 13.5. The summed E-state index contributed by atoms with van der Waals surface area (Å²) in [5, 5.41) is 6.20. The minimum absolute atomic E-state index is 0.125. The Labute approximate surface area is 208 Å². The summed E-state index contributed by atoms with van der Waals surface area (Å²) in [6, 6.07) is 17.5. The van der Waals surface area contributed by atoms with Crippen molar-refractivity contribution in [3.05, 3.63) is 98.1 Å². The summed E-state index contributed by atoms with van der Waals surface area (Å²) >= 11 is 24.3. The van der Waals surface area contributed by atoms with Gasteiger partial charge in [0.05, 0.1) is 21.4 Å². The van der Waals surface area contributed by atoms with Gasteiger partial charge in [0, 0.05) is 16.3 Å². The summed E-state index contributed by atoms with van der Waals surface area (Å²) in [4.78, 5) is 39.2. The second-order valence-electron chi connectivity index (χ2n) is 6.87. The number of amides is 3. The zero-order valence-electron chi connectivity index (χ0n) is 16.5. The van der Waals surface area contributed by atoms with E-state index in [1.807, 2.05) is 0 Å². The largest absolute Gasteiger partial charge is 0.350 e. The minimum atomic E-state index is -0.705. The molecule has 1 aliphatic rings. The van der Waals surface area contributed by atoms with Crippen molar-refractivity contribution in [1.29, 1.82) is 0 Å². The number of para-hydroxylation sites is 1. The van der Waals surface area contributed by atoms with E-state index < -0.39 is 17.7 Å². The zero-order valence-corrected chi connectivity index (χ0v) is 19.6. The van der Waals surface area contributed by atoms with Crippen LogP contribution in [-0.2, 0) is 9.59 Å². The van der Waals surface area contributed by atoms with E-state index in [4.69, 9.17) is 46.4 Å². The molecule has 0 saturated heterocycles. The SMILES string of the molecule is O=C(Nc1ccc(Cl)cc1Cl)c1cccc(NC2=C(Cl)C(=O)N(c3ccccc3Cl)C2=O)c1. The molecule has 0 spiro atoms. The molecule has 0 aliphatic carbocycles. The molecular weight excluding hydrogens is 508 g/mol. The molecular formula is C23H13Cl4N3O3. The topological polar surface area (TPSA) is 78.5 Å². The van der Waals surface area contributed by atoms with Crippen LogP contribution in [-0.4, -0.2) is 17.7 Å². The van der Waals surface area contributed by atoms with Crippen LogP contribution in [0.5, 0.6) is 0 Å². The molecule has 3 aromatic carbocycles. The summed E-state index contributed by atoms with van der Waals surface area (Å²) in [7, 11) is 0. The van der Waals surface area contributed by atoms with Gasteiger partial charge >= 0.3 is 0 Å². The third kappa shape index (κ3) is 4.70. The molecule has 33 heavy (non-hydrogen) atoms. The van der Waals surface area contributed by atoms with Gasteiger partial charge in [0.2, 0.25) is 0 Å². The number of hydrogen-bond acceptors (Lipinski definition) is 4. The lowest BCUT2D eigenvalue weighted by atomic mass is 10.1. The van der Waals surface area contributed by atoms with Crippen molar-refractivity contribution in [3.8, 4) is 0 Å². The average molecular weight is 521 g/mol. The smallest absolute Gasteiger partial charge is 0.283 e. The highest BCUT2D eigenvalue weighted by atomic mass is 35.5. The van der Waals surface area contributed by atoms with Crippen molar-refractivity contribution in [2.24, 2.45) is 0 Å². The molecule has 6 nitrogen and oxygen atoms in total. The van der Waals surface area contributed by atoms with Crippen LogP contribution in [0.15, 0.2) is 77.5 Å².